The van der Waals surface area contributed by atoms with E-state index in [0.717, 1.165) is 18.4 Å². The van der Waals surface area contributed by atoms with Gasteiger partial charge < -0.3 is 15.2 Å². The van der Waals surface area contributed by atoms with Crippen molar-refractivity contribution in [3.63, 3.8) is 0 Å². The first-order valence-electron chi connectivity index (χ1n) is 5.83. The van der Waals surface area contributed by atoms with Crippen molar-refractivity contribution in [3.8, 4) is 0 Å². The zero-order valence-corrected chi connectivity index (χ0v) is 10.4. The molecule has 1 aromatic heterocycles. The average Bonchev–Trinajstić information content (AvgIpc) is 3.06. The third kappa shape index (κ3) is 3.80. The zero-order chi connectivity index (χ0) is 12.1. The number of thiophene rings is 1. The Balaban J connectivity index is 1.84. The molecule has 1 aliphatic carbocycles. The number of amides is 1. The van der Waals surface area contributed by atoms with Crippen molar-refractivity contribution in [1.29, 1.82) is 0 Å². The molecule has 94 valence electrons. The summed E-state index contributed by atoms with van der Waals surface area (Å²) >= 11 is 1.60. The minimum Gasteiger partial charge on any atom is -0.394 e. The molecule has 2 rings (SSSR count). The van der Waals surface area contributed by atoms with E-state index < -0.39 is 0 Å². The van der Waals surface area contributed by atoms with Gasteiger partial charge in [0.25, 0.3) is 0 Å². The zero-order valence-electron chi connectivity index (χ0n) is 9.59. The maximum absolute atomic E-state index is 11.5. The van der Waals surface area contributed by atoms with Crippen molar-refractivity contribution in [2.75, 3.05) is 19.8 Å². The lowest BCUT2D eigenvalue weighted by Crippen LogP contribution is -2.30. The summed E-state index contributed by atoms with van der Waals surface area (Å²) in [5.41, 5.74) is 1.06. The maximum Gasteiger partial charge on any atom is 0.223 e. The number of nitrogens with one attached hydrogen (secondary N) is 1. The van der Waals surface area contributed by atoms with Gasteiger partial charge in [0.15, 0.2) is 0 Å². The van der Waals surface area contributed by atoms with Crippen LogP contribution in [-0.4, -0.2) is 30.8 Å². The van der Waals surface area contributed by atoms with Gasteiger partial charge in [-0.2, -0.15) is 11.3 Å². The highest BCUT2D eigenvalue weighted by Gasteiger charge is 2.29. The SMILES string of the molecule is O=C(NC[C@@H](OCCO)c1ccsc1)C1CC1. The number of aliphatic hydroxyl groups is 1. The first-order chi connectivity index (χ1) is 8.31. The van der Waals surface area contributed by atoms with E-state index in [1.807, 2.05) is 16.8 Å². The average molecular weight is 255 g/mol. The highest BCUT2D eigenvalue weighted by Crippen LogP contribution is 2.29. The van der Waals surface area contributed by atoms with Crippen LogP contribution in [0.3, 0.4) is 0 Å². The van der Waals surface area contributed by atoms with E-state index in [1.165, 1.54) is 0 Å². The molecule has 1 heterocycles. The first kappa shape index (κ1) is 12.5. The van der Waals surface area contributed by atoms with Crippen molar-refractivity contribution in [1.82, 2.24) is 5.32 Å². The molecule has 1 amide bonds. The molecule has 0 aromatic carbocycles. The molecule has 0 saturated heterocycles. The van der Waals surface area contributed by atoms with E-state index in [1.54, 1.807) is 11.3 Å². The lowest BCUT2D eigenvalue weighted by molar-refractivity contribution is -0.123. The monoisotopic (exact) mass is 255 g/mol. The van der Waals surface area contributed by atoms with Gasteiger partial charge in [-0.15, -0.1) is 0 Å². The molecule has 1 aromatic rings. The number of carbonyl (C=O) groups excluding carboxylic acids is 1. The second-order valence-electron chi connectivity index (χ2n) is 4.16. The number of rotatable bonds is 7. The molecule has 17 heavy (non-hydrogen) atoms. The molecule has 0 spiro atoms. The number of carbonyl (C=O) groups is 1. The van der Waals surface area contributed by atoms with Gasteiger partial charge in [-0.1, -0.05) is 0 Å². The third-order valence-electron chi connectivity index (χ3n) is 2.74. The summed E-state index contributed by atoms with van der Waals surface area (Å²) in [6.07, 6.45) is 1.86. The molecule has 4 nitrogen and oxygen atoms in total. The first-order valence-corrected chi connectivity index (χ1v) is 6.78. The van der Waals surface area contributed by atoms with Crippen LogP contribution < -0.4 is 5.32 Å². The summed E-state index contributed by atoms with van der Waals surface area (Å²) in [6, 6.07) is 1.98. The smallest absolute Gasteiger partial charge is 0.223 e. The Morgan fingerprint density at radius 3 is 3.06 bits per heavy atom. The lowest BCUT2D eigenvalue weighted by atomic mass is 10.2. The largest absolute Gasteiger partial charge is 0.394 e. The molecular weight excluding hydrogens is 238 g/mol. The molecule has 1 atom stereocenters. The predicted molar refractivity (Wildman–Crippen MR) is 65.8 cm³/mol. The normalized spacial score (nSPS) is 16.8. The van der Waals surface area contributed by atoms with Crippen molar-refractivity contribution in [3.05, 3.63) is 22.4 Å². The van der Waals surface area contributed by atoms with Gasteiger partial charge in [-0.25, -0.2) is 0 Å². The van der Waals surface area contributed by atoms with Crippen LogP contribution in [-0.2, 0) is 9.53 Å². The molecule has 0 unspecified atom stereocenters. The second-order valence-corrected chi connectivity index (χ2v) is 4.94. The maximum atomic E-state index is 11.5. The van der Waals surface area contributed by atoms with Gasteiger partial charge >= 0.3 is 0 Å². The Bertz CT molecular complexity index is 349. The molecule has 0 radical (unpaired) electrons. The van der Waals surface area contributed by atoms with Crippen LogP contribution in [0.25, 0.3) is 0 Å². The van der Waals surface area contributed by atoms with Crippen LogP contribution in [0.4, 0.5) is 0 Å². The fourth-order valence-corrected chi connectivity index (χ4v) is 2.31. The number of ether oxygens (including phenoxy) is 1. The highest BCUT2D eigenvalue weighted by molar-refractivity contribution is 7.07. The summed E-state index contributed by atoms with van der Waals surface area (Å²) in [6.45, 7) is 0.767. The predicted octanol–water partition coefficient (Wildman–Crippen LogP) is 1.32. The number of aliphatic hydroxyl groups excluding tert-OH is 1. The Morgan fingerprint density at radius 2 is 2.47 bits per heavy atom. The fraction of sp³-hybridized carbons (Fsp3) is 0.583. The minimum absolute atomic E-state index is 0.00277. The standard InChI is InChI=1S/C12H17NO3S/c14-4-5-16-11(10-3-6-17-8-10)7-13-12(15)9-1-2-9/h3,6,8-9,11,14H,1-2,4-5,7H2,(H,13,15)/t11-/m1/s1. The van der Waals surface area contributed by atoms with Crippen molar-refractivity contribution in [2.45, 2.75) is 18.9 Å². The Hall–Kier alpha value is -0.910. The van der Waals surface area contributed by atoms with Gasteiger partial charge in [0, 0.05) is 12.5 Å². The van der Waals surface area contributed by atoms with Crippen LogP contribution in [0, 0.1) is 5.92 Å². The van der Waals surface area contributed by atoms with Gasteiger partial charge in [0.2, 0.25) is 5.91 Å². The Kier molecular flexibility index (Phi) is 4.53. The summed E-state index contributed by atoms with van der Waals surface area (Å²) in [5.74, 6) is 0.341. The van der Waals surface area contributed by atoms with E-state index in [2.05, 4.69) is 5.32 Å². The molecular formula is C12H17NO3S. The summed E-state index contributed by atoms with van der Waals surface area (Å²) in [4.78, 5) is 11.5. The van der Waals surface area contributed by atoms with Crippen molar-refractivity contribution >= 4 is 17.2 Å². The highest BCUT2D eigenvalue weighted by atomic mass is 32.1. The number of hydrogen-bond donors (Lipinski definition) is 2. The van der Waals surface area contributed by atoms with Crippen LogP contribution in [0.1, 0.15) is 24.5 Å². The van der Waals surface area contributed by atoms with E-state index in [0.29, 0.717) is 13.2 Å². The lowest BCUT2D eigenvalue weighted by Gasteiger charge is -2.17. The van der Waals surface area contributed by atoms with E-state index in [-0.39, 0.29) is 24.5 Å². The topological polar surface area (TPSA) is 58.6 Å². The van der Waals surface area contributed by atoms with Crippen LogP contribution >= 0.6 is 11.3 Å². The Labute approximate surface area is 105 Å². The molecule has 1 saturated carbocycles. The van der Waals surface area contributed by atoms with Crippen molar-refractivity contribution < 1.29 is 14.6 Å². The molecule has 5 heteroatoms. The van der Waals surface area contributed by atoms with Gasteiger partial charge in [0.1, 0.15) is 6.10 Å². The minimum atomic E-state index is -0.156. The quantitative estimate of drug-likeness (QED) is 0.772. The molecule has 1 fully saturated rings. The molecule has 2 N–H and O–H groups in total. The van der Waals surface area contributed by atoms with E-state index >= 15 is 0 Å². The molecule has 0 bridgehead atoms. The second kappa shape index (κ2) is 6.14. The summed E-state index contributed by atoms with van der Waals surface area (Å²) < 4.78 is 5.53. The third-order valence-corrected chi connectivity index (χ3v) is 3.44. The summed E-state index contributed by atoms with van der Waals surface area (Å²) in [5, 5.41) is 15.7. The van der Waals surface area contributed by atoms with Gasteiger partial charge in [-0.3, -0.25) is 4.79 Å². The van der Waals surface area contributed by atoms with Crippen LogP contribution in [0.2, 0.25) is 0 Å². The summed E-state index contributed by atoms with van der Waals surface area (Å²) in [7, 11) is 0. The molecule has 0 aliphatic heterocycles. The Morgan fingerprint density at radius 1 is 1.65 bits per heavy atom. The number of hydrogen-bond acceptors (Lipinski definition) is 4. The molecule has 1 aliphatic rings. The van der Waals surface area contributed by atoms with Gasteiger partial charge in [-0.05, 0) is 35.2 Å². The fourth-order valence-electron chi connectivity index (χ4n) is 1.61. The van der Waals surface area contributed by atoms with Gasteiger partial charge in [0.05, 0.1) is 13.2 Å². The van der Waals surface area contributed by atoms with E-state index in [9.17, 15) is 4.79 Å². The van der Waals surface area contributed by atoms with Crippen LogP contribution in [0.15, 0.2) is 16.8 Å². The van der Waals surface area contributed by atoms with Crippen LogP contribution in [0.5, 0.6) is 0 Å². The van der Waals surface area contributed by atoms with E-state index in [4.69, 9.17) is 9.84 Å². The van der Waals surface area contributed by atoms with Crippen molar-refractivity contribution in [2.24, 2.45) is 5.92 Å².